The van der Waals surface area contributed by atoms with E-state index in [-0.39, 0.29) is 0 Å². The van der Waals surface area contributed by atoms with Crippen molar-refractivity contribution in [1.29, 1.82) is 0 Å². The van der Waals surface area contributed by atoms with Crippen molar-refractivity contribution in [2.24, 2.45) is 0 Å². The lowest BCUT2D eigenvalue weighted by Crippen LogP contribution is -2.00. The number of fused-ring (bicyclic) bond motifs is 4. The van der Waals surface area contributed by atoms with E-state index in [0.717, 1.165) is 33.0 Å². The monoisotopic (exact) mass is 661 g/mol. The van der Waals surface area contributed by atoms with Gasteiger partial charge >= 0.3 is 0 Å². The first-order valence-electron chi connectivity index (χ1n) is 17.6. The summed E-state index contributed by atoms with van der Waals surface area (Å²) in [6.45, 7) is 0. The molecule has 0 amide bonds. The van der Waals surface area contributed by atoms with E-state index in [2.05, 4.69) is 188 Å². The summed E-state index contributed by atoms with van der Waals surface area (Å²) in [6.07, 6.45) is 0. The lowest BCUT2D eigenvalue weighted by Gasteiger charge is -2.18. The molecule has 0 spiro atoms. The van der Waals surface area contributed by atoms with Gasteiger partial charge in [0.2, 0.25) is 0 Å². The van der Waals surface area contributed by atoms with Gasteiger partial charge in [-0.05, 0) is 83.5 Å². The molecular formula is C49H31N3. The average Bonchev–Trinajstić information content (AvgIpc) is 3.22. The fraction of sp³-hybridized carbons (Fsp3) is 0. The second-order valence-corrected chi connectivity index (χ2v) is 13.2. The van der Waals surface area contributed by atoms with Crippen LogP contribution in [0.1, 0.15) is 0 Å². The van der Waals surface area contributed by atoms with Crippen LogP contribution < -0.4 is 0 Å². The van der Waals surface area contributed by atoms with E-state index >= 15 is 0 Å². The lowest BCUT2D eigenvalue weighted by molar-refractivity contribution is 1.08. The summed E-state index contributed by atoms with van der Waals surface area (Å²) >= 11 is 0. The van der Waals surface area contributed by atoms with Crippen molar-refractivity contribution in [3.63, 3.8) is 0 Å². The Balaban J connectivity index is 1.19. The number of benzene rings is 9. The number of rotatable bonds is 5. The molecule has 52 heavy (non-hydrogen) atoms. The van der Waals surface area contributed by atoms with Crippen molar-refractivity contribution >= 4 is 43.1 Å². The van der Waals surface area contributed by atoms with Crippen LogP contribution in [-0.4, -0.2) is 15.0 Å². The van der Waals surface area contributed by atoms with Crippen molar-refractivity contribution in [3.8, 4) is 56.4 Å². The van der Waals surface area contributed by atoms with Crippen molar-refractivity contribution in [2.75, 3.05) is 0 Å². The molecule has 0 aliphatic heterocycles. The molecule has 0 unspecified atom stereocenters. The summed E-state index contributed by atoms with van der Waals surface area (Å²) < 4.78 is 0. The normalized spacial score (nSPS) is 11.5. The zero-order chi connectivity index (χ0) is 34.4. The summed E-state index contributed by atoms with van der Waals surface area (Å²) in [5.41, 5.74) is 7.62. The third-order valence-electron chi connectivity index (χ3n) is 10.1. The van der Waals surface area contributed by atoms with Crippen LogP contribution in [0.3, 0.4) is 0 Å². The molecule has 0 N–H and O–H groups in total. The summed E-state index contributed by atoms with van der Waals surface area (Å²) in [5.74, 6) is 1.93. The Morgan fingerprint density at radius 3 is 1.10 bits per heavy atom. The predicted molar refractivity (Wildman–Crippen MR) is 217 cm³/mol. The van der Waals surface area contributed by atoms with Gasteiger partial charge in [0.05, 0.1) is 0 Å². The Morgan fingerprint density at radius 2 is 0.596 bits per heavy atom. The van der Waals surface area contributed by atoms with Crippen molar-refractivity contribution in [2.45, 2.75) is 0 Å². The molecule has 242 valence electrons. The molecule has 0 saturated carbocycles. The van der Waals surface area contributed by atoms with Gasteiger partial charge in [0, 0.05) is 16.7 Å². The highest BCUT2D eigenvalue weighted by molar-refractivity contribution is 6.21. The minimum absolute atomic E-state index is 0.637. The Hall–Kier alpha value is -6.97. The van der Waals surface area contributed by atoms with Gasteiger partial charge in [0.15, 0.2) is 17.5 Å². The number of hydrogen-bond acceptors (Lipinski definition) is 3. The van der Waals surface area contributed by atoms with E-state index in [1.165, 1.54) is 49.0 Å². The number of aromatic nitrogens is 3. The summed E-state index contributed by atoms with van der Waals surface area (Å²) in [7, 11) is 0. The first-order valence-corrected chi connectivity index (χ1v) is 17.6. The third-order valence-corrected chi connectivity index (χ3v) is 10.1. The van der Waals surface area contributed by atoms with E-state index in [1.807, 2.05) is 0 Å². The molecule has 1 heterocycles. The highest BCUT2D eigenvalue weighted by Gasteiger charge is 2.18. The fourth-order valence-electron chi connectivity index (χ4n) is 7.59. The van der Waals surface area contributed by atoms with Gasteiger partial charge in [-0.2, -0.15) is 0 Å². The van der Waals surface area contributed by atoms with Gasteiger partial charge in [-0.15, -0.1) is 0 Å². The van der Waals surface area contributed by atoms with E-state index in [1.54, 1.807) is 0 Å². The molecule has 10 rings (SSSR count). The number of hydrogen-bond donors (Lipinski definition) is 0. The van der Waals surface area contributed by atoms with Crippen LogP contribution in [0.25, 0.3) is 99.5 Å². The molecule has 0 saturated heterocycles. The van der Waals surface area contributed by atoms with Crippen LogP contribution >= 0.6 is 0 Å². The van der Waals surface area contributed by atoms with Crippen molar-refractivity contribution < 1.29 is 0 Å². The van der Waals surface area contributed by atoms with E-state index in [9.17, 15) is 0 Å². The molecule has 0 atom stereocenters. The van der Waals surface area contributed by atoms with E-state index < -0.39 is 0 Å². The lowest BCUT2D eigenvalue weighted by atomic mass is 9.86. The smallest absolute Gasteiger partial charge is 0.164 e. The van der Waals surface area contributed by atoms with Crippen LogP contribution in [0.15, 0.2) is 188 Å². The van der Waals surface area contributed by atoms with Crippen LogP contribution in [0.5, 0.6) is 0 Å². The second kappa shape index (κ2) is 12.4. The standard InChI is InChI=1S/C49H31N3/c1-2-15-34(16-3-1)45-41-21-8-10-23-43(41)46(44-24-11-9-22-42(44)45)37-19-12-20-38(31-37)47-50-48(39-27-25-32-13-4-6-17-35(32)29-39)52-49(51-47)40-28-26-33-14-5-7-18-36(33)30-40/h1-31H. The van der Waals surface area contributed by atoms with Gasteiger partial charge < -0.3 is 0 Å². The maximum absolute atomic E-state index is 5.16. The van der Waals surface area contributed by atoms with Gasteiger partial charge in [0.1, 0.15) is 0 Å². The minimum Gasteiger partial charge on any atom is -0.208 e. The topological polar surface area (TPSA) is 38.7 Å². The zero-order valence-electron chi connectivity index (χ0n) is 28.2. The molecule has 0 aliphatic carbocycles. The first-order chi connectivity index (χ1) is 25.8. The maximum Gasteiger partial charge on any atom is 0.164 e. The fourth-order valence-corrected chi connectivity index (χ4v) is 7.59. The molecule has 0 fully saturated rings. The Morgan fingerprint density at radius 1 is 0.231 bits per heavy atom. The predicted octanol–water partition coefficient (Wildman–Crippen LogP) is 12.8. The van der Waals surface area contributed by atoms with Gasteiger partial charge in [0.25, 0.3) is 0 Å². The van der Waals surface area contributed by atoms with Gasteiger partial charge in [-0.3, -0.25) is 0 Å². The van der Waals surface area contributed by atoms with Crippen molar-refractivity contribution in [3.05, 3.63) is 188 Å². The molecule has 3 heteroatoms. The highest BCUT2D eigenvalue weighted by Crippen LogP contribution is 2.44. The van der Waals surface area contributed by atoms with Crippen LogP contribution in [-0.2, 0) is 0 Å². The molecule has 0 aliphatic rings. The van der Waals surface area contributed by atoms with E-state index in [4.69, 9.17) is 15.0 Å². The van der Waals surface area contributed by atoms with Gasteiger partial charge in [-0.1, -0.05) is 170 Å². The molecule has 0 bridgehead atoms. The largest absolute Gasteiger partial charge is 0.208 e. The van der Waals surface area contributed by atoms with Crippen LogP contribution in [0.2, 0.25) is 0 Å². The van der Waals surface area contributed by atoms with Crippen LogP contribution in [0, 0.1) is 0 Å². The molecule has 3 nitrogen and oxygen atoms in total. The average molecular weight is 662 g/mol. The minimum atomic E-state index is 0.637. The molecule has 0 radical (unpaired) electrons. The summed E-state index contributed by atoms with van der Waals surface area (Å²) in [6, 6.07) is 66.5. The molecule has 1 aromatic heterocycles. The van der Waals surface area contributed by atoms with Crippen LogP contribution in [0.4, 0.5) is 0 Å². The highest BCUT2D eigenvalue weighted by atomic mass is 15.0. The van der Waals surface area contributed by atoms with Gasteiger partial charge in [-0.25, -0.2) is 15.0 Å². The SMILES string of the molecule is c1ccc(-c2c3ccccc3c(-c3cccc(-c4nc(-c5ccc6ccccc6c5)nc(-c5ccc6ccccc6c5)n4)c3)c3ccccc23)cc1. The summed E-state index contributed by atoms with van der Waals surface area (Å²) in [5, 5.41) is 9.53. The molecular weight excluding hydrogens is 631 g/mol. The Labute approximate surface area is 301 Å². The van der Waals surface area contributed by atoms with E-state index in [0.29, 0.717) is 17.5 Å². The number of nitrogens with zero attached hydrogens (tertiary/aromatic N) is 3. The molecule has 9 aromatic carbocycles. The Kier molecular flexibility index (Phi) is 7.14. The van der Waals surface area contributed by atoms with Crippen molar-refractivity contribution in [1.82, 2.24) is 15.0 Å². The second-order valence-electron chi connectivity index (χ2n) is 13.2. The Bertz CT molecular complexity index is 2810. The summed E-state index contributed by atoms with van der Waals surface area (Å²) in [4.78, 5) is 15.4. The first kappa shape index (κ1) is 29.9. The quantitative estimate of drug-likeness (QED) is 0.172. The third kappa shape index (κ3) is 5.19. The maximum atomic E-state index is 5.16. The molecule has 10 aromatic rings. The zero-order valence-corrected chi connectivity index (χ0v) is 28.2.